The Balaban J connectivity index is 1.84. The fourth-order valence-electron chi connectivity index (χ4n) is 3.43. The van der Waals surface area contributed by atoms with Crippen LogP contribution in [-0.4, -0.2) is 30.1 Å². The predicted octanol–water partition coefficient (Wildman–Crippen LogP) is 6.74. The molecule has 1 unspecified atom stereocenters. The Bertz CT molecular complexity index is 1040. The van der Waals surface area contributed by atoms with E-state index in [1.54, 1.807) is 44.2 Å². The van der Waals surface area contributed by atoms with Gasteiger partial charge in [-0.2, -0.15) is 13.2 Å². The lowest BCUT2D eigenvalue weighted by atomic mass is 9.80. The minimum absolute atomic E-state index is 0.156. The molecule has 0 bridgehead atoms. The van der Waals surface area contributed by atoms with Crippen LogP contribution in [0.4, 0.5) is 13.2 Å². The first-order valence-corrected chi connectivity index (χ1v) is 11.0. The molecule has 0 aliphatic heterocycles. The topological polar surface area (TPSA) is 46.5 Å². The monoisotopic (exact) mass is 462 g/mol. The number of methoxy groups -OCH3 is 1. The number of carboxylic acid groups (broad SMARTS) is 1. The highest BCUT2D eigenvalue weighted by atomic mass is 32.2. The molecule has 0 amide bonds. The first kappa shape index (κ1) is 24.0. The number of ether oxygens (including phenoxy) is 1. The minimum atomic E-state index is -4.42. The molecular formula is C25H25F3O3S. The maximum absolute atomic E-state index is 14.1. The van der Waals surface area contributed by atoms with Crippen molar-refractivity contribution >= 4 is 23.3 Å². The number of alkyl halides is 3. The summed E-state index contributed by atoms with van der Waals surface area (Å²) in [6, 6.07) is 14.2. The fraction of sp³-hybridized carbons (Fsp3) is 0.320. The molecule has 2 aromatic rings. The van der Waals surface area contributed by atoms with Crippen LogP contribution >= 0.6 is 11.8 Å². The van der Waals surface area contributed by atoms with Gasteiger partial charge in [0.2, 0.25) is 0 Å². The molecule has 0 fully saturated rings. The van der Waals surface area contributed by atoms with E-state index in [9.17, 15) is 23.1 Å². The van der Waals surface area contributed by atoms with Crippen LogP contribution in [0.25, 0.3) is 5.57 Å². The number of hydrogen-bond acceptors (Lipinski definition) is 3. The van der Waals surface area contributed by atoms with Crippen molar-refractivity contribution in [3.8, 4) is 5.75 Å². The van der Waals surface area contributed by atoms with Crippen LogP contribution < -0.4 is 4.74 Å². The summed E-state index contributed by atoms with van der Waals surface area (Å²) in [7, 11) is 1.42. The quantitative estimate of drug-likeness (QED) is 0.463. The molecule has 0 heterocycles. The van der Waals surface area contributed by atoms with Crippen LogP contribution in [0.15, 0.2) is 71.7 Å². The van der Waals surface area contributed by atoms with Crippen molar-refractivity contribution in [2.45, 2.75) is 36.8 Å². The van der Waals surface area contributed by atoms with E-state index in [0.29, 0.717) is 16.2 Å². The molecule has 7 heteroatoms. The molecule has 0 aromatic heterocycles. The number of hydrogen-bond donors (Lipinski definition) is 1. The minimum Gasteiger partial charge on any atom is -0.496 e. The van der Waals surface area contributed by atoms with Gasteiger partial charge >= 0.3 is 12.1 Å². The van der Waals surface area contributed by atoms with Gasteiger partial charge in [0.25, 0.3) is 0 Å². The highest BCUT2D eigenvalue weighted by Gasteiger charge is 2.53. The van der Waals surface area contributed by atoms with E-state index >= 15 is 0 Å². The number of carboxylic acids is 1. The second-order valence-corrected chi connectivity index (χ2v) is 9.32. The van der Waals surface area contributed by atoms with Crippen molar-refractivity contribution in [2.24, 2.45) is 5.41 Å². The largest absolute Gasteiger partial charge is 0.496 e. The van der Waals surface area contributed by atoms with Gasteiger partial charge in [-0.3, -0.25) is 4.79 Å². The van der Waals surface area contributed by atoms with Crippen molar-refractivity contribution in [3.05, 3.63) is 77.9 Å². The molecule has 0 saturated heterocycles. The summed E-state index contributed by atoms with van der Waals surface area (Å²) in [6.07, 6.45) is -0.136. The summed E-state index contributed by atoms with van der Waals surface area (Å²) in [5, 5.41) is 9.44. The van der Waals surface area contributed by atoms with Crippen molar-refractivity contribution in [3.63, 3.8) is 0 Å². The van der Waals surface area contributed by atoms with Gasteiger partial charge in [-0.25, -0.2) is 0 Å². The molecule has 32 heavy (non-hydrogen) atoms. The van der Waals surface area contributed by atoms with E-state index in [0.717, 1.165) is 22.9 Å². The summed E-state index contributed by atoms with van der Waals surface area (Å²) in [5.74, 6) is -0.854. The normalized spacial score (nSPS) is 18.9. The maximum Gasteiger partial charge on any atom is 0.398 e. The summed E-state index contributed by atoms with van der Waals surface area (Å²) in [6.45, 7) is 3.14. The molecule has 0 saturated carbocycles. The summed E-state index contributed by atoms with van der Waals surface area (Å²) < 4.78 is 47.8. The number of rotatable bonds is 7. The standard InChI is InChI=1S/C25H25F3O3S/c1-23(2,22(29)30)19-9-10-21(20(15-19)31-3)32-16-24(25(26,27)28)13-11-18(12-14-24)17-7-5-4-6-8-17/h4-13,15H,14,16H2,1-3H3,(H,29,30). The zero-order valence-corrected chi connectivity index (χ0v) is 18.9. The Labute approximate surface area is 190 Å². The van der Waals surface area contributed by atoms with Crippen LogP contribution in [-0.2, 0) is 10.2 Å². The predicted molar refractivity (Wildman–Crippen MR) is 121 cm³/mol. The van der Waals surface area contributed by atoms with E-state index in [1.807, 2.05) is 30.3 Å². The van der Waals surface area contributed by atoms with Gasteiger partial charge in [0, 0.05) is 10.6 Å². The third-order valence-electron chi connectivity index (χ3n) is 5.85. The van der Waals surface area contributed by atoms with Crippen LogP contribution in [0, 0.1) is 5.41 Å². The molecule has 1 aliphatic rings. The van der Waals surface area contributed by atoms with Gasteiger partial charge in [0.05, 0.1) is 17.9 Å². The molecule has 1 aliphatic carbocycles. The van der Waals surface area contributed by atoms with Crippen LogP contribution in [0.1, 0.15) is 31.4 Å². The molecule has 1 atom stereocenters. The summed E-state index contributed by atoms with van der Waals surface area (Å²) >= 11 is 1.06. The Morgan fingerprint density at radius 3 is 2.38 bits per heavy atom. The van der Waals surface area contributed by atoms with Crippen LogP contribution in [0.5, 0.6) is 5.75 Å². The second-order valence-electron chi connectivity index (χ2n) is 8.30. The van der Waals surface area contributed by atoms with Crippen molar-refractivity contribution in [2.75, 3.05) is 12.9 Å². The lowest BCUT2D eigenvalue weighted by Crippen LogP contribution is -2.39. The molecule has 2 aromatic carbocycles. The van der Waals surface area contributed by atoms with E-state index in [1.165, 1.54) is 13.2 Å². The fourth-order valence-corrected chi connectivity index (χ4v) is 4.67. The number of benzene rings is 2. The third kappa shape index (κ3) is 4.72. The van der Waals surface area contributed by atoms with E-state index in [2.05, 4.69) is 0 Å². The SMILES string of the molecule is COc1cc(C(C)(C)C(=O)O)ccc1SCC1(C(F)(F)F)C=CC(c2ccccc2)=CC1. The Hall–Kier alpha value is -2.67. The molecule has 3 rings (SSSR count). The average molecular weight is 463 g/mol. The molecule has 0 spiro atoms. The Kier molecular flexibility index (Phi) is 6.79. The number of thioether (sulfide) groups is 1. The maximum atomic E-state index is 14.1. The molecule has 1 N–H and O–H groups in total. The van der Waals surface area contributed by atoms with Gasteiger partial charge in [0.15, 0.2) is 0 Å². The van der Waals surface area contributed by atoms with Gasteiger partial charge in [-0.1, -0.05) is 54.6 Å². The zero-order chi connectivity index (χ0) is 23.6. The highest BCUT2D eigenvalue weighted by molar-refractivity contribution is 7.99. The summed E-state index contributed by atoms with van der Waals surface area (Å²) in [5.41, 5.74) is -0.975. The van der Waals surface area contributed by atoms with Crippen LogP contribution in [0.3, 0.4) is 0 Å². The highest BCUT2D eigenvalue weighted by Crippen LogP contribution is 2.50. The smallest absolute Gasteiger partial charge is 0.398 e. The first-order valence-electron chi connectivity index (χ1n) is 10.1. The molecule has 0 radical (unpaired) electrons. The van der Waals surface area contributed by atoms with Crippen molar-refractivity contribution in [1.29, 1.82) is 0 Å². The third-order valence-corrected chi connectivity index (χ3v) is 7.15. The lowest BCUT2D eigenvalue weighted by molar-refractivity contribution is -0.197. The molecule has 3 nitrogen and oxygen atoms in total. The number of aliphatic carboxylic acids is 1. The average Bonchev–Trinajstić information content (AvgIpc) is 2.77. The first-order chi connectivity index (χ1) is 15.0. The Morgan fingerprint density at radius 2 is 1.84 bits per heavy atom. The van der Waals surface area contributed by atoms with Crippen molar-refractivity contribution < 1.29 is 27.8 Å². The number of allylic oxidation sites excluding steroid dienone is 4. The van der Waals surface area contributed by atoms with E-state index in [-0.39, 0.29) is 12.2 Å². The number of carbonyl (C=O) groups is 1. The van der Waals surface area contributed by atoms with Gasteiger partial charge < -0.3 is 9.84 Å². The lowest BCUT2D eigenvalue weighted by Gasteiger charge is -2.34. The zero-order valence-electron chi connectivity index (χ0n) is 18.1. The molecule has 170 valence electrons. The molecular weight excluding hydrogens is 437 g/mol. The number of halogens is 3. The van der Waals surface area contributed by atoms with Gasteiger partial charge in [-0.15, -0.1) is 11.8 Å². The Morgan fingerprint density at radius 1 is 1.16 bits per heavy atom. The van der Waals surface area contributed by atoms with Gasteiger partial charge in [0.1, 0.15) is 5.75 Å². The summed E-state index contributed by atoms with van der Waals surface area (Å²) in [4.78, 5) is 12.1. The van der Waals surface area contributed by atoms with Crippen LogP contribution in [0.2, 0.25) is 0 Å². The second kappa shape index (κ2) is 9.06. The van der Waals surface area contributed by atoms with E-state index in [4.69, 9.17) is 4.74 Å². The van der Waals surface area contributed by atoms with Gasteiger partial charge in [-0.05, 0) is 49.1 Å². The van der Waals surface area contributed by atoms with Crippen molar-refractivity contribution in [1.82, 2.24) is 0 Å². The van der Waals surface area contributed by atoms with E-state index < -0.39 is 23.0 Å².